The fraction of sp³-hybridized carbons (Fsp3) is 0.692. The van der Waals surface area contributed by atoms with Crippen LogP contribution in [0, 0.1) is 0 Å². The molecule has 0 unspecified atom stereocenters. The highest BCUT2D eigenvalue weighted by Gasteiger charge is 2.37. The van der Waals surface area contributed by atoms with Gasteiger partial charge in [-0.1, -0.05) is 6.92 Å². The fourth-order valence-electron chi connectivity index (χ4n) is 2.88. The van der Waals surface area contributed by atoms with Crippen LogP contribution in [0.5, 0.6) is 0 Å². The Kier molecular flexibility index (Phi) is 2.86. The van der Waals surface area contributed by atoms with Gasteiger partial charge in [-0.2, -0.15) is 5.10 Å². The minimum atomic E-state index is -0.0160. The zero-order valence-corrected chi connectivity index (χ0v) is 10.8. The molecule has 0 atom stereocenters. The molecule has 2 aliphatic rings. The van der Waals surface area contributed by atoms with Crippen LogP contribution in [0.25, 0.3) is 0 Å². The van der Waals surface area contributed by atoms with Crippen LogP contribution in [-0.4, -0.2) is 28.2 Å². The molecule has 5 nitrogen and oxygen atoms in total. The van der Waals surface area contributed by atoms with Gasteiger partial charge in [-0.3, -0.25) is 9.89 Å². The minimum Gasteiger partial charge on any atom is -0.345 e. The standard InChI is InChI=1S/C13H20N4O/c1-2-13(5-3-6-13)15-12(18)11-9-8-14-7-4-10(9)16-17-11/h14H,2-8H2,1H3,(H,15,18)(H,16,17). The Morgan fingerprint density at radius 1 is 1.50 bits per heavy atom. The molecule has 1 aromatic rings. The van der Waals surface area contributed by atoms with E-state index in [0.717, 1.165) is 50.0 Å². The van der Waals surface area contributed by atoms with E-state index >= 15 is 0 Å². The van der Waals surface area contributed by atoms with Gasteiger partial charge in [-0.05, 0) is 25.7 Å². The number of hydrogen-bond donors (Lipinski definition) is 3. The quantitative estimate of drug-likeness (QED) is 0.750. The van der Waals surface area contributed by atoms with Gasteiger partial charge in [-0.15, -0.1) is 0 Å². The maximum Gasteiger partial charge on any atom is 0.272 e. The van der Waals surface area contributed by atoms with E-state index in [1.807, 2.05) is 0 Å². The summed E-state index contributed by atoms with van der Waals surface area (Å²) < 4.78 is 0. The van der Waals surface area contributed by atoms with Crippen LogP contribution in [0.4, 0.5) is 0 Å². The van der Waals surface area contributed by atoms with Crippen molar-refractivity contribution in [2.24, 2.45) is 0 Å². The average Bonchev–Trinajstić information content (AvgIpc) is 2.77. The second kappa shape index (κ2) is 4.39. The van der Waals surface area contributed by atoms with Crippen molar-refractivity contribution >= 4 is 5.91 Å². The Morgan fingerprint density at radius 2 is 2.33 bits per heavy atom. The maximum atomic E-state index is 12.3. The highest BCUT2D eigenvalue weighted by Crippen LogP contribution is 2.35. The van der Waals surface area contributed by atoms with Gasteiger partial charge in [0.25, 0.3) is 5.91 Å². The van der Waals surface area contributed by atoms with Crippen LogP contribution in [-0.2, 0) is 13.0 Å². The predicted octanol–water partition coefficient (Wildman–Crippen LogP) is 1.12. The molecular weight excluding hydrogens is 228 g/mol. The van der Waals surface area contributed by atoms with Gasteiger partial charge < -0.3 is 10.6 Å². The molecule has 1 aromatic heterocycles. The summed E-state index contributed by atoms with van der Waals surface area (Å²) in [5, 5.41) is 13.7. The number of aromatic amines is 1. The van der Waals surface area contributed by atoms with Crippen LogP contribution < -0.4 is 10.6 Å². The molecule has 1 saturated carbocycles. The number of aromatic nitrogens is 2. The number of nitrogens with one attached hydrogen (secondary N) is 3. The van der Waals surface area contributed by atoms with Gasteiger partial charge >= 0.3 is 0 Å². The van der Waals surface area contributed by atoms with E-state index in [4.69, 9.17) is 0 Å². The van der Waals surface area contributed by atoms with Crippen LogP contribution in [0.1, 0.15) is 54.4 Å². The van der Waals surface area contributed by atoms with Gasteiger partial charge in [0.2, 0.25) is 0 Å². The second-order valence-corrected chi connectivity index (χ2v) is 5.40. The predicted molar refractivity (Wildman–Crippen MR) is 68.3 cm³/mol. The molecule has 18 heavy (non-hydrogen) atoms. The van der Waals surface area contributed by atoms with Crippen molar-refractivity contribution in [2.75, 3.05) is 6.54 Å². The molecule has 0 radical (unpaired) electrons. The third kappa shape index (κ3) is 1.82. The molecular formula is C13H20N4O. The molecule has 5 heteroatoms. The summed E-state index contributed by atoms with van der Waals surface area (Å²) in [6, 6.07) is 0. The summed E-state index contributed by atoms with van der Waals surface area (Å²) in [5.74, 6) is -0.0160. The molecule has 0 spiro atoms. The molecule has 98 valence electrons. The summed E-state index contributed by atoms with van der Waals surface area (Å²) in [6.45, 7) is 3.84. The van der Waals surface area contributed by atoms with Crippen LogP contribution in [0.2, 0.25) is 0 Å². The third-order valence-corrected chi connectivity index (χ3v) is 4.39. The number of carbonyl (C=O) groups is 1. The first-order valence-electron chi connectivity index (χ1n) is 6.83. The maximum absolute atomic E-state index is 12.3. The SMILES string of the molecule is CCC1(NC(=O)c2n[nH]c3c2CNCC3)CCC1. The number of amides is 1. The van der Waals surface area contributed by atoms with Crippen LogP contribution >= 0.6 is 0 Å². The molecule has 1 amide bonds. The van der Waals surface area contributed by atoms with E-state index in [-0.39, 0.29) is 11.4 Å². The van der Waals surface area contributed by atoms with Gasteiger partial charge in [0, 0.05) is 36.3 Å². The highest BCUT2D eigenvalue weighted by atomic mass is 16.2. The lowest BCUT2D eigenvalue weighted by Crippen LogP contribution is -2.53. The van der Waals surface area contributed by atoms with Crippen molar-refractivity contribution in [2.45, 2.75) is 51.1 Å². The lowest BCUT2D eigenvalue weighted by Gasteiger charge is -2.41. The average molecular weight is 248 g/mol. The topological polar surface area (TPSA) is 69.8 Å². The molecule has 3 rings (SSSR count). The Labute approximate surface area is 107 Å². The first-order chi connectivity index (χ1) is 8.74. The first-order valence-corrected chi connectivity index (χ1v) is 6.83. The Morgan fingerprint density at radius 3 is 3.00 bits per heavy atom. The molecule has 0 bridgehead atoms. The van der Waals surface area contributed by atoms with Crippen LogP contribution in [0.15, 0.2) is 0 Å². The normalized spacial score (nSPS) is 20.9. The second-order valence-electron chi connectivity index (χ2n) is 5.40. The van der Waals surface area contributed by atoms with E-state index in [2.05, 4.69) is 27.8 Å². The Bertz CT molecular complexity index is 456. The van der Waals surface area contributed by atoms with E-state index in [1.54, 1.807) is 0 Å². The largest absolute Gasteiger partial charge is 0.345 e. The molecule has 0 aromatic carbocycles. The molecule has 1 aliphatic heterocycles. The van der Waals surface area contributed by atoms with Gasteiger partial charge in [0.05, 0.1) is 0 Å². The summed E-state index contributed by atoms with van der Waals surface area (Å²) in [5.41, 5.74) is 2.77. The third-order valence-electron chi connectivity index (χ3n) is 4.39. The van der Waals surface area contributed by atoms with Gasteiger partial charge in [0.1, 0.15) is 0 Å². The number of carbonyl (C=O) groups excluding carboxylic acids is 1. The van der Waals surface area contributed by atoms with E-state index in [0.29, 0.717) is 5.69 Å². The number of fused-ring (bicyclic) bond motifs is 1. The monoisotopic (exact) mass is 248 g/mol. The van der Waals surface area contributed by atoms with E-state index < -0.39 is 0 Å². The summed E-state index contributed by atoms with van der Waals surface area (Å²) in [4.78, 5) is 12.3. The Hall–Kier alpha value is -1.36. The number of nitrogens with zero attached hydrogens (tertiary/aromatic N) is 1. The number of rotatable bonds is 3. The van der Waals surface area contributed by atoms with Crippen molar-refractivity contribution in [1.82, 2.24) is 20.8 Å². The summed E-state index contributed by atoms with van der Waals surface area (Å²) in [6.07, 6.45) is 5.34. The molecule has 3 N–H and O–H groups in total. The van der Waals surface area contributed by atoms with Crippen molar-refractivity contribution in [3.8, 4) is 0 Å². The smallest absolute Gasteiger partial charge is 0.272 e. The van der Waals surface area contributed by atoms with Crippen molar-refractivity contribution in [3.63, 3.8) is 0 Å². The fourth-order valence-corrected chi connectivity index (χ4v) is 2.88. The van der Waals surface area contributed by atoms with Crippen molar-refractivity contribution < 1.29 is 4.79 Å². The molecule has 1 fully saturated rings. The number of hydrogen-bond acceptors (Lipinski definition) is 3. The van der Waals surface area contributed by atoms with E-state index in [1.165, 1.54) is 6.42 Å². The van der Waals surface area contributed by atoms with Crippen LogP contribution in [0.3, 0.4) is 0 Å². The van der Waals surface area contributed by atoms with Gasteiger partial charge in [0.15, 0.2) is 5.69 Å². The van der Waals surface area contributed by atoms with Gasteiger partial charge in [-0.25, -0.2) is 0 Å². The zero-order valence-electron chi connectivity index (χ0n) is 10.8. The molecule has 2 heterocycles. The zero-order chi connectivity index (χ0) is 12.6. The number of H-pyrrole nitrogens is 1. The molecule has 0 saturated heterocycles. The Balaban J connectivity index is 1.78. The lowest BCUT2D eigenvalue weighted by molar-refractivity contribution is 0.0814. The summed E-state index contributed by atoms with van der Waals surface area (Å²) >= 11 is 0. The van der Waals surface area contributed by atoms with E-state index in [9.17, 15) is 4.79 Å². The minimum absolute atomic E-state index is 0.0160. The highest BCUT2D eigenvalue weighted by molar-refractivity contribution is 5.94. The van der Waals surface area contributed by atoms with Crippen molar-refractivity contribution in [1.29, 1.82) is 0 Å². The lowest BCUT2D eigenvalue weighted by atomic mass is 9.75. The summed E-state index contributed by atoms with van der Waals surface area (Å²) in [7, 11) is 0. The van der Waals surface area contributed by atoms with Crippen molar-refractivity contribution in [3.05, 3.63) is 17.0 Å². The first kappa shape index (κ1) is 11.7. The molecule has 1 aliphatic carbocycles.